The Balaban J connectivity index is 1.84. The molecule has 5 heteroatoms. The molecule has 0 heterocycles. The number of carbonyl (C=O) groups excluding carboxylic acids is 1. The lowest BCUT2D eigenvalue weighted by molar-refractivity contribution is 0.0942. The van der Waals surface area contributed by atoms with Crippen LogP contribution in [0.15, 0.2) is 18.2 Å². The minimum atomic E-state index is -0.168. The summed E-state index contributed by atoms with van der Waals surface area (Å²) < 4.78 is 0. The predicted octanol–water partition coefficient (Wildman–Crippen LogP) is 2.99. The third-order valence-electron chi connectivity index (χ3n) is 4.34. The lowest BCUT2D eigenvalue weighted by Crippen LogP contribution is -2.51. The largest absolute Gasteiger partial charge is 0.358 e. The van der Waals surface area contributed by atoms with Crippen molar-refractivity contribution in [1.82, 2.24) is 16.2 Å². The predicted molar refractivity (Wildman–Crippen MR) is 93.7 cm³/mol. The number of rotatable bonds is 2. The van der Waals surface area contributed by atoms with Crippen LogP contribution < -0.4 is 16.2 Å². The Morgan fingerprint density at radius 3 is 2.59 bits per heavy atom. The van der Waals surface area contributed by atoms with Crippen LogP contribution in [0.3, 0.4) is 0 Å². The van der Waals surface area contributed by atoms with E-state index in [2.05, 4.69) is 23.1 Å². The Labute approximate surface area is 138 Å². The third kappa shape index (κ3) is 4.44. The molecule has 2 rings (SSSR count). The standard InChI is InChI=1S/C17H25N3OS/c1-11-8-9-14(13(3)10-11)16(21)19-20-17(22)18-15-7-5-4-6-12(15)2/h8-10,12,15H,4-7H2,1-3H3,(H,19,21)(H2,18,20,22)/t12-,15+/m0/s1. The van der Waals surface area contributed by atoms with Crippen molar-refractivity contribution in [2.24, 2.45) is 5.92 Å². The molecular weight excluding hydrogens is 294 g/mol. The highest BCUT2D eigenvalue weighted by molar-refractivity contribution is 7.80. The second kappa shape index (κ2) is 7.58. The molecule has 1 amide bonds. The lowest BCUT2D eigenvalue weighted by atomic mass is 9.86. The quantitative estimate of drug-likeness (QED) is 0.579. The van der Waals surface area contributed by atoms with Crippen LogP contribution in [0, 0.1) is 19.8 Å². The molecule has 1 aliphatic carbocycles. The Bertz CT molecular complexity index is 559. The van der Waals surface area contributed by atoms with Gasteiger partial charge < -0.3 is 5.32 Å². The van der Waals surface area contributed by atoms with E-state index in [4.69, 9.17) is 12.2 Å². The van der Waals surface area contributed by atoms with E-state index in [-0.39, 0.29) is 5.91 Å². The van der Waals surface area contributed by atoms with Crippen molar-refractivity contribution < 1.29 is 4.79 Å². The molecule has 1 saturated carbocycles. The minimum absolute atomic E-state index is 0.168. The van der Waals surface area contributed by atoms with E-state index in [1.54, 1.807) is 0 Å². The smallest absolute Gasteiger partial charge is 0.269 e. The number of aryl methyl sites for hydroxylation is 2. The first kappa shape index (κ1) is 16.7. The number of amides is 1. The van der Waals surface area contributed by atoms with Crippen LogP contribution in [-0.4, -0.2) is 17.1 Å². The Hall–Kier alpha value is -1.62. The van der Waals surface area contributed by atoms with Gasteiger partial charge >= 0.3 is 0 Å². The molecule has 2 atom stereocenters. The molecule has 0 radical (unpaired) electrons. The summed E-state index contributed by atoms with van der Waals surface area (Å²) in [4.78, 5) is 12.2. The van der Waals surface area contributed by atoms with Gasteiger partial charge in [-0.2, -0.15) is 0 Å². The SMILES string of the molecule is Cc1ccc(C(=O)NNC(=S)N[C@@H]2CCCC[C@@H]2C)c(C)c1. The van der Waals surface area contributed by atoms with Crippen LogP contribution in [0.25, 0.3) is 0 Å². The first-order chi connectivity index (χ1) is 10.5. The van der Waals surface area contributed by atoms with E-state index in [9.17, 15) is 4.79 Å². The summed E-state index contributed by atoms with van der Waals surface area (Å²) in [5, 5.41) is 3.79. The first-order valence-electron chi connectivity index (χ1n) is 7.91. The zero-order valence-corrected chi connectivity index (χ0v) is 14.3. The van der Waals surface area contributed by atoms with E-state index in [1.165, 1.54) is 19.3 Å². The molecule has 3 N–H and O–H groups in total. The van der Waals surface area contributed by atoms with Crippen molar-refractivity contribution in [1.29, 1.82) is 0 Å². The fraction of sp³-hybridized carbons (Fsp3) is 0.529. The lowest BCUT2D eigenvalue weighted by Gasteiger charge is -2.30. The molecule has 0 aliphatic heterocycles. The Kier molecular flexibility index (Phi) is 5.77. The second-order valence-electron chi connectivity index (χ2n) is 6.24. The van der Waals surface area contributed by atoms with Gasteiger partial charge in [0.05, 0.1) is 0 Å². The van der Waals surface area contributed by atoms with Gasteiger partial charge in [0.2, 0.25) is 0 Å². The molecule has 0 saturated heterocycles. The zero-order chi connectivity index (χ0) is 16.1. The van der Waals surface area contributed by atoms with Gasteiger partial charge in [-0.25, -0.2) is 0 Å². The molecule has 1 aromatic carbocycles. The van der Waals surface area contributed by atoms with Crippen LogP contribution >= 0.6 is 12.2 Å². The molecule has 0 bridgehead atoms. The molecule has 0 unspecified atom stereocenters. The maximum absolute atomic E-state index is 12.2. The minimum Gasteiger partial charge on any atom is -0.358 e. The highest BCUT2D eigenvalue weighted by atomic mass is 32.1. The van der Waals surface area contributed by atoms with E-state index in [0.29, 0.717) is 22.6 Å². The first-order valence-corrected chi connectivity index (χ1v) is 8.32. The number of nitrogens with one attached hydrogen (secondary N) is 3. The molecular formula is C17H25N3OS. The van der Waals surface area contributed by atoms with E-state index < -0.39 is 0 Å². The summed E-state index contributed by atoms with van der Waals surface area (Å²) >= 11 is 5.27. The molecule has 22 heavy (non-hydrogen) atoms. The van der Waals surface area contributed by atoms with Gasteiger partial charge in [0, 0.05) is 11.6 Å². The van der Waals surface area contributed by atoms with Crippen molar-refractivity contribution in [2.45, 2.75) is 52.5 Å². The topological polar surface area (TPSA) is 53.2 Å². The van der Waals surface area contributed by atoms with Gasteiger partial charge in [-0.05, 0) is 56.5 Å². The van der Waals surface area contributed by atoms with E-state index in [0.717, 1.165) is 17.5 Å². The average molecular weight is 319 g/mol. The number of benzene rings is 1. The van der Waals surface area contributed by atoms with Gasteiger partial charge in [0.1, 0.15) is 0 Å². The summed E-state index contributed by atoms with van der Waals surface area (Å²) in [5.41, 5.74) is 8.24. The zero-order valence-electron chi connectivity index (χ0n) is 13.5. The normalized spacial score (nSPS) is 21.0. The van der Waals surface area contributed by atoms with Crippen molar-refractivity contribution in [2.75, 3.05) is 0 Å². The molecule has 1 fully saturated rings. The summed E-state index contributed by atoms with van der Waals surface area (Å²) in [6.45, 7) is 6.19. The molecule has 4 nitrogen and oxygen atoms in total. The molecule has 120 valence electrons. The van der Waals surface area contributed by atoms with Crippen LogP contribution in [0.5, 0.6) is 0 Å². The van der Waals surface area contributed by atoms with Gasteiger partial charge in [-0.1, -0.05) is 37.5 Å². The van der Waals surface area contributed by atoms with Crippen LogP contribution in [0.2, 0.25) is 0 Å². The van der Waals surface area contributed by atoms with Crippen LogP contribution in [0.1, 0.15) is 54.1 Å². The molecule has 0 spiro atoms. The molecule has 1 aliphatic rings. The molecule has 1 aromatic rings. The van der Waals surface area contributed by atoms with Gasteiger partial charge in [-0.15, -0.1) is 0 Å². The highest BCUT2D eigenvalue weighted by Gasteiger charge is 2.21. The number of hydrogen-bond acceptors (Lipinski definition) is 2. The molecule has 0 aromatic heterocycles. The summed E-state index contributed by atoms with van der Waals surface area (Å²) in [5.74, 6) is 0.446. The Morgan fingerprint density at radius 1 is 1.18 bits per heavy atom. The second-order valence-corrected chi connectivity index (χ2v) is 6.65. The third-order valence-corrected chi connectivity index (χ3v) is 4.56. The van der Waals surface area contributed by atoms with Crippen molar-refractivity contribution in [3.8, 4) is 0 Å². The van der Waals surface area contributed by atoms with Crippen molar-refractivity contribution >= 4 is 23.2 Å². The number of hydrazine groups is 1. The fourth-order valence-electron chi connectivity index (χ4n) is 2.98. The van der Waals surface area contributed by atoms with Crippen LogP contribution in [-0.2, 0) is 0 Å². The average Bonchev–Trinajstić information content (AvgIpc) is 2.47. The summed E-state index contributed by atoms with van der Waals surface area (Å²) in [6.07, 6.45) is 4.89. The van der Waals surface area contributed by atoms with E-state index >= 15 is 0 Å². The van der Waals surface area contributed by atoms with Gasteiger partial charge in [-0.3, -0.25) is 15.6 Å². The number of thiocarbonyl (C=S) groups is 1. The van der Waals surface area contributed by atoms with E-state index in [1.807, 2.05) is 32.0 Å². The summed E-state index contributed by atoms with van der Waals surface area (Å²) in [6, 6.07) is 6.16. The fourth-order valence-corrected chi connectivity index (χ4v) is 3.19. The summed E-state index contributed by atoms with van der Waals surface area (Å²) in [7, 11) is 0. The maximum atomic E-state index is 12.2. The monoisotopic (exact) mass is 319 g/mol. The van der Waals surface area contributed by atoms with Gasteiger partial charge in [0.25, 0.3) is 5.91 Å². The van der Waals surface area contributed by atoms with Gasteiger partial charge in [0.15, 0.2) is 5.11 Å². The number of carbonyl (C=O) groups is 1. The maximum Gasteiger partial charge on any atom is 0.269 e. The Morgan fingerprint density at radius 2 is 1.91 bits per heavy atom. The highest BCUT2D eigenvalue weighted by Crippen LogP contribution is 2.23. The van der Waals surface area contributed by atoms with Crippen LogP contribution in [0.4, 0.5) is 0 Å². The van der Waals surface area contributed by atoms with Crippen molar-refractivity contribution in [3.05, 3.63) is 34.9 Å². The number of hydrogen-bond donors (Lipinski definition) is 3. The van der Waals surface area contributed by atoms with Crippen molar-refractivity contribution in [3.63, 3.8) is 0 Å².